The average molecular weight is 341 g/mol. The Balaban J connectivity index is 1.40. The van der Waals surface area contributed by atoms with Crippen LogP contribution in [0.2, 0.25) is 0 Å². The predicted molar refractivity (Wildman–Crippen MR) is 92.3 cm³/mol. The van der Waals surface area contributed by atoms with E-state index in [1.165, 1.54) is 6.33 Å². The molecule has 2 aliphatic rings. The van der Waals surface area contributed by atoms with Gasteiger partial charge in [-0.3, -0.25) is 0 Å². The van der Waals surface area contributed by atoms with Crippen molar-refractivity contribution >= 4 is 6.03 Å². The first-order valence-corrected chi connectivity index (χ1v) is 8.93. The summed E-state index contributed by atoms with van der Waals surface area (Å²) in [6.07, 6.45) is 5.92. The molecule has 2 saturated heterocycles. The molecule has 2 unspecified atom stereocenters. The molecule has 1 aromatic heterocycles. The first kappa shape index (κ1) is 16.1. The molecule has 0 radical (unpaired) electrons. The Hall–Kier alpha value is -2.41. The number of carbonyl (C=O) groups excluding carboxylic acids is 1. The zero-order valence-electron chi connectivity index (χ0n) is 14.2. The van der Waals surface area contributed by atoms with E-state index >= 15 is 0 Å². The lowest BCUT2D eigenvalue weighted by molar-refractivity contribution is 0.0520. The maximum absolute atomic E-state index is 12.7. The largest absolute Gasteiger partial charge is 0.376 e. The lowest BCUT2D eigenvalue weighted by atomic mass is 10.1. The minimum Gasteiger partial charge on any atom is -0.376 e. The van der Waals surface area contributed by atoms with Crippen LogP contribution in [0.1, 0.15) is 31.5 Å². The number of urea groups is 1. The van der Waals surface area contributed by atoms with Crippen LogP contribution in [0.4, 0.5) is 4.79 Å². The smallest absolute Gasteiger partial charge is 0.318 e. The molecule has 2 fully saturated rings. The fourth-order valence-electron chi connectivity index (χ4n) is 3.76. The van der Waals surface area contributed by atoms with E-state index < -0.39 is 0 Å². The Bertz CT molecular complexity index is 711. The van der Waals surface area contributed by atoms with E-state index in [0.717, 1.165) is 44.5 Å². The van der Waals surface area contributed by atoms with Crippen LogP contribution >= 0.6 is 0 Å². The Morgan fingerprint density at radius 2 is 2.12 bits per heavy atom. The van der Waals surface area contributed by atoms with Gasteiger partial charge in [0.1, 0.15) is 6.33 Å². The second kappa shape index (κ2) is 7.23. The molecule has 1 N–H and O–H groups in total. The molecule has 7 heteroatoms. The molecule has 3 heterocycles. The highest BCUT2D eigenvalue weighted by Gasteiger charge is 2.36. The van der Waals surface area contributed by atoms with Crippen LogP contribution in [0.5, 0.6) is 0 Å². The van der Waals surface area contributed by atoms with Crippen LogP contribution in [0.3, 0.4) is 0 Å². The van der Waals surface area contributed by atoms with Gasteiger partial charge < -0.3 is 15.0 Å². The summed E-state index contributed by atoms with van der Waals surface area (Å²) in [5.74, 6) is 0.715. The maximum atomic E-state index is 12.7. The zero-order valence-corrected chi connectivity index (χ0v) is 14.2. The Labute approximate surface area is 147 Å². The van der Waals surface area contributed by atoms with E-state index in [-0.39, 0.29) is 18.2 Å². The number of ether oxygens (including phenoxy) is 1. The molecule has 2 amide bonds. The van der Waals surface area contributed by atoms with Crippen molar-refractivity contribution in [2.75, 3.05) is 13.2 Å². The molecule has 2 atom stereocenters. The lowest BCUT2D eigenvalue weighted by Crippen LogP contribution is -2.47. The number of carbonyl (C=O) groups is 1. The number of benzene rings is 1. The van der Waals surface area contributed by atoms with Gasteiger partial charge in [-0.25, -0.2) is 14.5 Å². The normalized spacial score (nSPS) is 23.1. The van der Waals surface area contributed by atoms with Gasteiger partial charge in [-0.05, 0) is 37.8 Å². The summed E-state index contributed by atoms with van der Waals surface area (Å²) < 4.78 is 7.55. The van der Waals surface area contributed by atoms with Crippen molar-refractivity contribution in [3.05, 3.63) is 42.5 Å². The molecule has 25 heavy (non-hydrogen) atoms. The number of hydrogen-bond acceptors (Lipinski definition) is 4. The average Bonchev–Trinajstić information content (AvgIpc) is 3.41. The highest BCUT2D eigenvalue weighted by molar-refractivity contribution is 5.74. The number of aromatic nitrogens is 3. The van der Waals surface area contributed by atoms with Crippen molar-refractivity contribution in [3.63, 3.8) is 0 Å². The fraction of sp³-hybridized carbons (Fsp3) is 0.500. The highest BCUT2D eigenvalue weighted by atomic mass is 16.5. The summed E-state index contributed by atoms with van der Waals surface area (Å²) in [4.78, 5) is 18.9. The molecular formula is C18H23N5O2. The quantitative estimate of drug-likeness (QED) is 0.924. The van der Waals surface area contributed by atoms with E-state index in [2.05, 4.69) is 15.4 Å². The van der Waals surface area contributed by atoms with Crippen LogP contribution in [0.15, 0.2) is 36.7 Å². The summed E-state index contributed by atoms with van der Waals surface area (Å²) in [6.45, 7) is 1.96. The number of likely N-dealkylation sites (tertiary alicyclic amines) is 1. The number of rotatable bonds is 4. The van der Waals surface area contributed by atoms with Crippen LogP contribution in [0, 0.1) is 0 Å². The number of nitrogens with one attached hydrogen (secondary N) is 1. The van der Waals surface area contributed by atoms with Crippen LogP contribution < -0.4 is 5.32 Å². The first-order valence-electron chi connectivity index (χ1n) is 8.93. The van der Waals surface area contributed by atoms with E-state index in [4.69, 9.17) is 4.74 Å². The van der Waals surface area contributed by atoms with Crippen LogP contribution in [-0.2, 0) is 11.3 Å². The monoisotopic (exact) mass is 341 g/mol. The summed E-state index contributed by atoms with van der Waals surface area (Å²) in [6, 6.07) is 9.96. The van der Waals surface area contributed by atoms with Crippen molar-refractivity contribution in [1.29, 1.82) is 0 Å². The summed E-state index contributed by atoms with van der Waals surface area (Å²) in [5.41, 5.74) is 0.933. The van der Waals surface area contributed by atoms with Gasteiger partial charge in [0.2, 0.25) is 0 Å². The van der Waals surface area contributed by atoms with Gasteiger partial charge in [0.25, 0.3) is 0 Å². The molecule has 0 bridgehead atoms. The number of para-hydroxylation sites is 1. The molecule has 2 aromatic rings. The Morgan fingerprint density at radius 3 is 2.92 bits per heavy atom. The Kier molecular flexibility index (Phi) is 4.65. The van der Waals surface area contributed by atoms with Gasteiger partial charge in [0.15, 0.2) is 5.82 Å². The van der Waals surface area contributed by atoms with Crippen molar-refractivity contribution in [2.45, 2.75) is 44.4 Å². The fourth-order valence-corrected chi connectivity index (χ4v) is 3.76. The van der Waals surface area contributed by atoms with Gasteiger partial charge in [0.05, 0.1) is 24.4 Å². The summed E-state index contributed by atoms with van der Waals surface area (Å²) in [7, 11) is 0. The second-order valence-electron chi connectivity index (χ2n) is 6.54. The highest BCUT2D eigenvalue weighted by Crippen LogP contribution is 2.27. The topological polar surface area (TPSA) is 72.3 Å². The molecule has 132 valence electrons. The molecule has 2 aliphatic heterocycles. The molecule has 0 aliphatic carbocycles. The van der Waals surface area contributed by atoms with Crippen LogP contribution in [-0.4, -0.2) is 51.0 Å². The van der Waals surface area contributed by atoms with Crippen molar-refractivity contribution in [3.8, 4) is 5.69 Å². The minimum atomic E-state index is -0.0411. The third-order valence-corrected chi connectivity index (χ3v) is 4.97. The molecule has 7 nitrogen and oxygen atoms in total. The maximum Gasteiger partial charge on any atom is 0.318 e. The van der Waals surface area contributed by atoms with Gasteiger partial charge in [-0.1, -0.05) is 18.2 Å². The van der Waals surface area contributed by atoms with E-state index in [1.54, 1.807) is 4.68 Å². The number of amides is 2. The summed E-state index contributed by atoms with van der Waals surface area (Å²) in [5, 5.41) is 7.26. The SMILES string of the molecule is O=C(NCc1ncnn1-c1ccccc1)N1CCCC1C1CCCO1. The second-order valence-corrected chi connectivity index (χ2v) is 6.54. The molecule has 0 saturated carbocycles. The van der Waals surface area contributed by atoms with E-state index in [0.29, 0.717) is 12.4 Å². The number of hydrogen-bond donors (Lipinski definition) is 1. The number of nitrogens with zero attached hydrogens (tertiary/aromatic N) is 4. The molecular weight excluding hydrogens is 318 g/mol. The predicted octanol–water partition coefficient (Wildman–Crippen LogP) is 2.12. The standard InChI is InChI=1S/C18H23N5O2/c24-18(22-10-4-8-15(22)16-9-5-11-25-16)19-12-17-20-13-21-23(17)14-6-2-1-3-7-14/h1-3,6-7,13,15-16H,4-5,8-12H2,(H,19,24). The zero-order chi connectivity index (χ0) is 17.1. The van der Waals surface area contributed by atoms with E-state index in [1.807, 2.05) is 35.2 Å². The van der Waals surface area contributed by atoms with Gasteiger partial charge >= 0.3 is 6.03 Å². The van der Waals surface area contributed by atoms with Crippen molar-refractivity contribution in [1.82, 2.24) is 25.0 Å². The molecule has 1 aromatic carbocycles. The Morgan fingerprint density at radius 1 is 1.24 bits per heavy atom. The first-order chi connectivity index (χ1) is 12.3. The van der Waals surface area contributed by atoms with Crippen LogP contribution in [0.25, 0.3) is 5.69 Å². The molecule has 4 rings (SSSR count). The summed E-state index contributed by atoms with van der Waals surface area (Å²) >= 11 is 0. The third kappa shape index (κ3) is 3.37. The third-order valence-electron chi connectivity index (χ3n) is 4.97. The molecule has 0 spiro atoms. The van der Waals surface area contributed by atoms with Gasteiger partial charge in [-0.2, -0.15) is 5.10 Å². The van der Waals surface area contributed by atoms with Gasteiger partial charge in [-0.15, -0.1) is 0 Å². The van der Waals surface area contributed by atoms with Crippen molar-refractivity contribution in [2.24, 2.45) is 0 Å². The lowest BCUT2D eigenvalue weighted by Gasteiger charge is -2.28. The minimum absolute atomic E-state index is 0.0411. The van der Waals surface area contributed by atoms with E-state index in [9.17, 15) is 4.79 Å². The van der Waals surface area contributed by atoms with Gasteiger partial charge in [0, 0.05) is 13.2 Å². The van der Waals surface area contributed by atoms with Crippen molar-refractivity contribution < 1.29 is 9.53 Å².